The Balaban J connectivity index is 1.88. The molecule has 8 heteroatoms. The highest BCUT2D eigenvalue weighted by molar-refractivity contribution is 6.30. The number of rotatable bonds is 6. The van der Waals surface area contributed by atoms with E-state index in [4.69, 9.17) is 16.9 Å². The van der Waals surface area contributed by atoms with Gasteiger partial charge in [-0.05, 0) is 30.3 Å². The second-order valence-electron chi connectivity index (χ2n) is 4.79. The quantitative estimate of drug-likeness (QED) is 0.476. The number of carbonyl (C=O) groups excluding carboxylic acids is 1. The van der Waals surface area contributed by atoms with Crippen molar-refractivity contribution in [3.8, 4) is 6.07 Å². The van der Waals surface area contributed by atoms with Gasteiger partial charge in [-0.3, -0.25) is 14.9 Å². The second kappa shape index (κ2) is 7.94. The minimum Gasteiger partial charge on any atom is -0.382 e. The molecule has 24 heavy (non-hydrogen) atoms. The van der Waals surface area contributed by atoms with Gasteiger partial charge >= 0.3 is 0 Å². The van der Waals surface area contributed by atoms with E-state index in [1.54, 1.807) is 24.3 Å². The number of nitriles is 1. The van der Waals surface area contributed by atoms with Gasteiger partial charge in [-0.15, -0.1) is 0 Å². The average molecular weight is 345 g/mol. The number of nitro benzene ring substituents is 1. The van der Waals surface area contributed by atoms with Crippen molar-refractivity contribution in [2.24, 2.45) is 0 Å². The number of hydrogen-bond donors (Lipinski definition) is 2. The molecule has 2 aromatic carbocycles. The molecule has 0 bridgehead atoms. The Labute approximate surface area is 143 Å². The predicted octanol–water partition coefficient (Wildman–Crippen LogP) is 2.96. The molecule has 0 aromatic heterocycles. The van der Waals surface area contributed by atoms with E-state index in [0.717, 1.165) is 0 Å². The summed E-state index contributed by atoms with van der Waals surface area (Å²) in [5.74, 6) is -0.238. The van der Waals surface area contributed by atoms with E-state index in [9.17, 15) is 14.9 Å². The molecule has 0 aliphatic rings. The molecule has 2 N–H and O–H groups in total. The molecule has 1 amide bonds. The summed E-state index contributed by atoms with van der Waals surface area (Å²) in [4.78, 5) is 22.0. The topological polar surface area (TPSA) is 108 Å². The second-order valence-corrected chi connectivity index (χ2v) is 5.22. The molecule has 7 nitrogen and oxygen atoms in total. The normalized spacial score (nSPS) is 9.83. The SMILES string of the molecule is N#Cc1cc([N+](=O)[O-])ccc1NCCNC(=O)c1ccc(Cl)cc1. The van der Waals surface area contributed by atoms with E-state index in [-0.39, 0.29) is 17.2 Å². The summed E-state index contributed by atoms with van der Waals surface area (Å²) in [6, 6.07) is 12.4. The van der Waals surface area contributed by atoms with Crippen LogP contribution in [0.3, 0.4) is 0 Å². The zero-order valence-electron chi connectivity index (χ0n) is 12.5. The van der Waals surface area contributed by atoms with E-state index in [0.29, 0.717) is 29.4 Å². The molecule has 0 aliphatic carbocycles. The van der Waals surface area contributed by atoms with Crippen LogP contribution in [0.25, 0.3) is 0 Å². The number of carbonyl (C=O) groups is 1. The lowest BCUT2D eigenvalue weighted by Crippen LogP contribution is -2.28. The molecule has 0 spiro atoms. The molecule has 0 heterocycles. The lowest BCUT2D eigenvalue weighted by atomic mass is 10.1. The van der Waals surface area contributed by atoms with Crippen LogP contribution >= 0.6 is 11.6 Å². The molecular weight excluding hydrogens is 332 g/mol. The van der Waals surface area contributed by atoms with Crippen molar-refractivity contribution < 1.29 is 9.72 Å². The molecule has 0 radical (unpaired) electrons. The Morgan fingerprint density at radius 3 is 2.54 bits per heavy atom. The van der Waals surface area contributed by atoms with Gasteiger partial charge in [0.25, 0.3) is 11.6 Å². The van der Waals surface area contributed by atoms with Crippen LogP contribution < -0.4 is 10.6 Å². The van der Waals surface area contributed by atoms with Gasteiger partial charge in [0.1, 0.15) is 6.07 Å². The third kappa shape index (κ3) is 4.44. The minimum absolute atomic E-state index is 0.145. The molecule has 0 saturated carbocycles. The number of anilines is 1. The Morgan fingerprint density at radius 1 is 1.21 bits per heavy atom. The van der Waals surface area contributed by atoms with Crippen molar-refractivity contribution >= 4 is 28.9 Å². The van der Waals surface area contributed by atoms with Gasteiger partial charge in [0.05, 0.1) is 16.2 Å². The van der Waals surface area contributed by atoms with Crippen molar-refractivity contribution in [2.45, 2.75) is 0 Å². The van der Waals surface area contributed by atoms with Crippen LogP contribution in [0.4, 0.5) is 11.4 Å². The summed E-state index contributed by atoms with van der Waals surface area (Å²) in [7, 11) is 0. The highest BCUT2D eigenvalue weighted by Gasteiger charge is 2.10. The summed E-state index contributed by atoms with van der Waals surface area (Å²) in [5, 5.41) is 26.0. The summed E-state index contributed by atoms with van der Waals surface area (Å²) in [6.07, 6.45) is 0. The van der Waals surface area contributed by atoms with Crippen LogP contribution in [0.5, 0.6) is 0 Å². The molecule has 0 atom stereocenters. The number of nitro groups is 1. The first-order valence-corrected chi connectivity index (χ1v) is 7.35. The molecular formula is C16H13ClN4O3. The summed E-state index contributed by atoms with van der Waals surface area (Å²) in [6.45, 7) is 0.690. The lowest BCUT2D eigenvalue weighted by Gasteiger charge is -2.09. The first-order chi connectivity index (χ1) is 11.5. The molecule has 122 valence electrons. The standard InChI is InChI=1S/C16H13ClN4O3/c17-13-3-1-11(2-4-13)16(22)20-8-7-19-15-6-5-14(21(23)24)9-12(15)10-18/h1-6,9,19H,7-8H2,(H,20,22). The zero-order chi connectivity index (χ0) is 17.5. The Kier molecular flexibility index (Phi) is 5.71. The number of nitrogens with zero attached hydrogens (tertiary/aromatic N) is 2. The largest absolute Gasteiger partial charge is 0.382 e. The molecule has 0 saturated heterocycles. The Hall–Kier alpha value is -3.11. The summed E-state index contributed by atoms with van der Waals surface area (Å²) in [5.41, 5.74) is 0.998. The maximum atomic E-state index is 11.9. The van der Waals surface area contributed by atoms with Crippen LogP contribution in [0, 0.1) is 21.4 Å². The van der Waals surface area contributed by atoms with Crippen LogP contribution in [0.2, 0.25) is 5.02 Å². The van der Waals surface area contributed by atoms with Gasteiger partial charge in [-0.1, -0.05) is 11.6 Å². The number of benzene rings is 2. The maximum Gasteiger partial charge on any atom is 0.270 e. The van der Waals surface area contributed by atoms with Gasteiger partial charge in [-0.25, -0.2) is 0 Å². The zero-order valence-corrected chi connectivity index (χ0v) is 13.2. The lowest BCUT2D eigenvalue weighted by molar-refractivity contribution is -0.384. The van der Waals surface area contributed by atoms with E-state index in [2.05, 4.69) is 10.6 Å². The first kappa shape index (κ1) is 17.2. The van der Waals surface area contributed by atoms with Crippen LogP contribution in [0.15, 0.2) is 42.5 Å². The fraction of sp³-hybridized carbons (Fsp3) is 0.125. The third-order valence-electron chi connectivity index (χ3n) is 3.17. The average Bonchev–Trinajstić information content (AvgIpc) is 2.59. The minimum atomic E-state index is -0.559. The first-order valence-electron chi connectivity index (χ1n) is 6.97. The van der Waals surface area contributed by atoms with Crippen LogP contribution in [-0.4, -0.2) is 23.9 Å². The monoisotopic (exact) mass is 344 g/mol. The van der Waals surface area contributed by atoms with Crippen LogP contribution in [0.1, 0.15) is 15.9 Å². The Bertz CT molecular complexity index is 800. The van der Waals surface area contributed by atoms with Gasteiger partial charge in [0.2, 0.25) is 0 Å². The van der Waals surface area contributed by atoms with E-state index >= 15 is 0 Å². The van der Waals surface area contributed by atoms with Crippen LogP contribution in [-0.2, 0) is 0 Å². The summed E-state index contributed by atoms with van der Waals surface area (Å²) >= 11 is 5.76. The third-order valence-corrected chi connectivity index (χ3v) is 3.42. The van der Waals surface area contributed by atoms with Gasteiger partial charge in [0, 0.05) is 35.8 Å². The smallest absolute Gasteiger partial charge is 0.270 e. The number of nitrogens with one attached hydrogen (secondary N) is 2. The van der Waals surface area contributed by atoms with Crippen molar-refractivity contribution in [2.75, 3.05) is 18.4 Å². The van der Waals surface area contributed by atoms with E-state index in [1.807, 2.05) is 6.07 Å². The van der Waals surface area contributed by atoms with E-state index < -0.39 is 4.92 Å². The molecule has 0 unspecified atom stereocenters. The molecule has 2 rings (SSSR count). The fourth-order valence-electron chi connectivity index (χ4n) is 1.97. The molecule has 0 aliphatic heterocycles. The Morgan fingerprint density at radius 2 is 1.92 bits per heavy atom. The maximum absolute atomic E-state index is 11.9. The molecule has 0 fully saturated rings. The van der Waals surface area contributed by atoms with Crippen molar-refractivity contribution in [1.82, 2.24) is 5.32 Å². The highest BCUT2D eigenvalue weighted by atomic mass is 35.5. The van der Waals surface area contributed by atoms with Gasteiger partial charge in [0.15, 0.2) is 0 Å². The van der Waals surface area contributed by atoms with Crippen molar-refractivity contribution in [3.63, 3.8) is 0 Å². The van der Waals surface area contributed by atoms with Gasteiger partial charge < -0.3 is 10.6 Å². The number of amides is 1. The highest BCUT2D eigenvalue weighted by Crippen LogP contribution is 2.21. The predicted molar refractivity (Wildman–Crippen MR) is 90.1 cm³/mol. The van der Waals surface area contributed by atoms with Crippen molar-refractivity contribution in [1.29, 1.82) is 5.26 Å². The number of hydrogen-bond acceptors (Lipinski definition) is 5. The summed E-state index contributed by atoms with van der Waals surface area (Å²) < 4.78 is 0. The van der Waals surface area contributed by atoms with Crippen molar-refractivity contribution in [3.05, 3.63) is 68.7 Å². The number of non-ortho nitro benzene ring substituents is 1. The molecule has 2 aromatic rings. The fourth-order valence-corrected chi connectivity index (χ4v) is 2.09. The van der Waals surface area contributed by atoms with E-state index in [1.165, 1.54) is 18.2 Å². The number of halogens is 1. The van der Waals surface area contributed by atoms with Gasteiger partial charge in [-0.2, -0.15) is 5.26 Å².